The summed E-state index contributed by atoms with van der Waals surface area (Å²) in [7, 11) is 0. The van der Waals surface area contributed by atoms with Gasteiger partial charge in [0.05, 0.1) is 11.5 Å². The van der Waals surface area contributed by atoms with Crippen LogP contribution < -0.4 is 5.32 Å². The van der Waals surface area contributed by atoms with Gasteiger partial charge >= 0.3 is 0 Å². The maximum Gasteiger partial charge on any atom is 0.228 e. The van der Waals surface area contributed by atoms with E-state index in [4.69, 9.17) is 0 Å². The highest BCUT2D eigenvalue weighted by Gasteiger charge is 2.36. The number of carbonyl (C=O) groups excluding carboxylic acids is 1. The number of carbonyl (C=O) groups is 1. The van der Waals surface area contributed by atoms with Crippen molar-refractivity contribution in [2.45, 2.75) is 26.5 Å². The number of amides is 1. The van der Waals surface area contributed by atoms with Crippen LogP contribution in [0.2, 0.25) is 0 Å². The van der Waals surface area contributed by atoms with Crippen molar-refractivity contribution >= 4 is 21.8 Å². The molecule has 0 saturated heterocycles. The van der Waals surface area contributed by atoms with Crippen molar-refractivity contribution in [1.29, 1.82) is 0 Å². The summed E-state index contributed by atoms with van der Waals surface area (Å²) >= 11 is 3.38. The molecular formula is C18H20BrNO2. The summed E-state index contributed by atoms with van der Waals surface area (Å²) in [5.74, 6) is -0.174. The van der Waals surface area contributed by atoms with Gasteiger partial charge in [0.1, 0.15) is 0 Å². The van der Waals surface area contributed by atoms with Gasteiger partial charge in [0.25, 0.3) is 0 Å². The predicted octanol–water partition coefficient (Wildman–Crippen LogP) is 3.83. The van der Waals surface area contributed by atoms with E-state index in [0.29, 0.717) is 6.54 Å². The topological polar surface area (TPSA) is 49.3 Å². The van der Waals surface area contributed by atoms with Crippen LogP contribution in [0.5, 0.6) is 0 Å². The molecule has 3 nitrogen and oxygen atoms in total. The van der Waals surface area contributed by atoms with Gasteiger partial charge in [-0.3, -0.25) is 4.79 Å². The van der Waals surface area contributed by atoms with Crippen LogP contribution >= 0.6 is 15.9 Å². The van der Waals surface area contributed by atoms with Gasteiger partial charge in [-0.2, -0.15) is 0 Å². The Bertz CT molecular complexity index is 623. The minimum absolute atomic E-state index is 0.174. The maximum atomic E-state index is 12.4. The van der Waals surface area contributed by atoms with Crippen LogP contribution in [0.4, 0.5) is 0 Å². The number of nitrogens with one attached hydrogen (secondary N) is 1. The monoisotopic (exact) mass is 361 g/mol. The molecule has 0 bridgehead atoms. The molecule has 2 rings (SSSR count). The van der Waals surface area contributed by atoms with Gasteiger partial charge in [-0.1, -0.05) is 58.4 Å². The number of aliphatic hydroxyl groups excluding tert-OH is 1. The van der Waals surface area contributed by atoms with Crippen LogP contribution in [-0.2, 0) is 11.3 Å². The Morgan fingerprint density at radius 1 is 1.14 bits per heavy atom. The molecule has 0 fully saturated rings. The fraction of sp³-hybridized carbons (Fsp3) is 0.278. The van der Waals surface area contributed by atoms with Crippen molar-refractivity contribution in [3.05, 3.63) is 70.2 Å². The molecule has 0 aliphatic rings. The minimum atomic E-state index is -0.906. The number of halogens is 1. The molecule has 0 aromatic heterocycles. The average Bonchev–Trinajstić information content (AvgIpc) is 2.54. The van der Waals surface area contributed by atoms with Crippen molar-refractivity contribution in [3.63, 3.8) is 0 Å². The Balaban J connectivity index is 2.02. The summed E-state index contributed by atoms with van der Waals surface area (Å²) in [5, 5.41) is 13.4. The van der Waals surface area contributed by atoms with Crippen LogP contribution in [0, 0.1) is 5.41 Å². The van der Waals surface area contributed by atoms with Crippen LogP contribution in [-0.4, -0.2) is 11.0 Å². The minimum Gasteiger partial charge on any atom is -0.387 e. The molecule has 0 radical (unpaired) electrons. The number of hydrogen-bond donors (Lipinski definition) is 2. The SMILES string of the molecule is CC(C)(C(=O)NCc1ccc(Br)cc1)C(O)c1ccccc1. The Labute approximate surface area is 139 Å². The first-order valence-electron chi connectivity index (χ1n) is 7.17. The summed E-state index contributed by atoms with van der Waals surface area (Å²) in [6, 6.07) is 17.0. The Hall–Kier alpha value is -1.65. The first kappa shape index (κ1) is 16.7. The molecule has 0 spiro atoms. The van der Waals surface area contributed by atoms with Gasteiger partial charge in [-0.25, -0.2) is 0 Å². The van der Waals surface area contributed by atoms with E-state index < -0.39 is 11.5 Å². The van der Waals surface area contributed by atoms with E-state index in [1.807, 2.05) is 54.6 Å². The largest absolute Gasteiger partial charge is 0.387 e. The molecule has 0 aliphatic carbocycles. The third-order valence-corrected chi connectivity index (χ3v) is 4.28. The lowest BCUT2D eigenvalue weighted by Crippen LogP contribution is -2.40. The molecule has 0 aliphatic heterocycles. The summed E-state index contributed by atoms with van der Waals surface area (Å²) in [6.45, 7) is 3.94. The van der Waals surface area contributed by atoms with E-state index in [0.717, 1.165) is 15.6 Å². The highest BCUT2D eigenvalue weighted by molar-refractivity contribution is 9.10. The fourth-order valence-electron chi connectivity index (χ4n) is 2.19. The summed E-state index contributed by atoms with van der Waals surface area (Å²) in [6.07, 6.45) is -0.849. The predicted molar refractivity (Wildman–Crippen MR) is 91.2 cm³/mol. The Morgan fingerprint density at radius 3 is 2.32 bits per heavy atom. The fourth-order valence-corrected chi connectivity index (χ4v) is 2.45. The van der Waals surface area contributed by atoms with Crippen LogP contribution in [0.3, 0.4) is 0 Å². The first-order chi connectivity index (χ1) is 10.4. The zero-order valence-corrected chi connectivity index (χ0v) is 14.3. The molecule has 2 aromatic rings. The van der Waals surface area contributed by atoms with Gasteiger partial charge in [0, 0.05) is 11.0 Å². The second-order valence-electron chi connectivity index (χ2n) is 5.84. The summed E-state index contributed by atoms with van der Waals surface area (Å²) < 4.78 is 1.00. The normalized spacial score (nSPS) is 12.7. The number of benzene rings is 2. The highest BCUT2D eigenvalue weighted by atomic mass is 79.9. The van der Waals surface area contributed by atoms with E-state index in [1.165, 1.54) is 0 Å². The van der Waals surface area contributed by atoms with Gasteiger partial charge in [0.2, 0.25) is 5.91 Å². The van der Waals surface area contributed by atoms with Gasteiger partial charge in [-0.05, 0) is 37.1 Å². The molecule has 2 aromatic carbocycles. The molecule has 1 unspecified atom stereocenters. The van der Waals surface area contributed by atoms with Crippen molar-refractivity contribution in [2.24, 2.45) is 5.41 Å². The van der Waals surface area contributed by atoms with Crippen LogP contribution in [0.25, 0.3) is 0 Å². The van der Waals surface area contributed by atoms with Crippen molar-refractivity contribution in [2.75, 3.05) is 0 Å². The lowest BCUT2D eigenvalue weighted by atomic mass is 9.81. The molecule has 4 heteroatoms. The van der Waals surface area contributed by atoms with Gasteiger partial charge < -0.3 is 10.4 Å². The number of hydrogen-bond acceptors (Lipinski definition) is 2. The van der Waals surface area contributed by atoms with Crippen molar-refractivity contribution in [1.82, 2.24) is 5.32 Å². The van der Waals surface area contributed by atoms with E-state index in [-0.39, 0.29) is 5.91 Å². The molecule has 0 saturated carbocycles. The van der Waals surface area contributed by atoms with Gasteiger partial charge in [0.15, 0.2) is 0 Å². The van der Waals surface area contributed by atoms with Crippen molar-refractivity contribution < 1.29 is 9.90 Å². The summed E-state index contributed by atoms with van der Waals surface area (Å²) in [5.41, 5.74) is 0.851. The highest BCUT2D eigenvalue weighted by Crippen LogP contribution is 2.33. The Kier molecular flexibility index (Phi) is 5.37. The maximum absolute atomic E-state index is 12.4. The second-order valence-corrected chi connectivity index (χ2v) is 6.76. The molecule has 22 heavy (non-hydrogen) atoms. The van der Waals surface area contributed by atoms with Crippen LogP contribution in [0.15, 0.2) is 59.1 Å². The average molecular weight is 362 g/mol. The first-order valence-corrected chi connectivity index (χ1v) is 7.96. The molecular weight excluding hydrogens is 342 g/mol. The molecule has 0 heterocycles. The standard InChI is InChI=1S/C18H20BrNO2/c1-18(2,16(21)14-6-4-3-5-7-14)17(22)20-12-13-8-10-15(19)11-9-13/h3-11,16,21H,12H2,1-2H3,(H,20,22). The van der Waals surface area contributed by atoms with E-state index in [2.05, 4.69) is 21.2 Å². The van der Waals surface area contributed by atoms with Gasteiger partial charge in [-0.15, -0.1) is 0 Å². The second kappa shape index (κ2) is 7.07. The van der Waals surface area contributed by atoms with Crippen molar-refractivity contribution in [3.8, 4) is 0 Å². The third-order valence-electron chi connectivity index (χ3n) is 3.75. The molecule has 2 N–H and O–H groups in total. The smallest absolute Gasteiger partial charge is 0.228 e. The lowest BCUT2D eigenvalue weighted by molar-refractivity contribution is -0.135. The third kappa shape index (κ3) is 3.96. The Morgan fingerprint density at radius 2 is 1.73 bits per heavy atom. The molecule has 1 atom stereocenters. The number of aliphatic hydroxyl groups is 1. The quantitative estimate of drug-likeness (QED) is 0.850. The zero-order valence-electron chi connectivity index (χ0n) is 12.7. The van der Waals surface area contributed by atoms with Crippen LogP contribution in [0.1, 0.15) is 31.1 Å². The van der Waals surface area contributed by atoms with E-state index in [1.54, 1.807) is 13.8 Å². The molecule has 1 amide bonds. The summed E-state index contributed by atoms with van der Waals surface area (Å²) in [4.78, 5) is 12.4. The zero-order chi connectivity index (χ0) is 16.2. The lowest BCUT2D eigenvalue weighted by Gasteiger charge is -2.29. The van der Waals surface area contributed by atoms with E-state index in [9.17, 15) is 9.90 Å². The number of rotatable bonds is 5. The molecule has 116 valence electrons. The van der Waals surface area contributed by atoms with E-state index >= 15 is 0 Å².